The van der Waals surface area contributed by atoms with Crippen LogP contribution in [0.25, 0.3) is 0 Å². The minimum Gasteiger partial charge on any atom is -0.336 e. The number of likely N-dealkylation sites (tertiary alicyclic amines) is 1. The lowest BCUT2D eigenvalue weighted by atomic mass is 10.1. The van der Waals surface area contributed by atoms with Crippen LogP contribution in [0.4, 0.5) is 4.39 Å². The van der Waals surface area contributed by atoms with Crippen LogP contribution in [-0.2, 0) is 10.0 Å². The van der Waals surface area contributed by atoms with E-state index >= 15 is 0 Å². The summed E-state index contributed by atoms with van der Waals surface area (Å²) in [6.45, 7) is 4.52. The van der Waals surface area contributed by atoms with E-state index in [-0.39, 0.29) is 22.0 Å². The van der Waals surface area contributed by atoms with E-state index in [1.165, 1.54) is 0 Å². The van der Waals surface area contributed by atoms with E-state index < -0.39 is 20.7 Å². The van der Waals surface area contributed by atoms with Crippen molar-refractivity contribution in [3.8, 4) is 0 Å². The maximum atomic E-state index is 13.9. The SMILES string of the molecule is CC1CC(C)N(C(=O)c2cc(F)c(Br)c(S(N)(=O)=O)c2)C1. The van der Waals surface area contributed by atoms with Crippen molar-refractivity contribution >= 4 is 31.9 Å². The molecule has 0 bridgehead atoms. The average molecular weight is 379 g/mol. The Morgan fingerprint density at radius 3 is 2.52 bits per heavy atom. The molecule has 1 amide bonds. The molecule has 2 rings (SSSR count). The highest BCUT2D eigenvalue weighted by molar-refractivity contribution is 9.10. The van der Waals surface area contributed by atoms with Gasteiger partial charge in [0.2, 0.25) is 10.0 Å². The molecular formula is C13H16BrFN2O3S. The fraction of sp³-hybridized carbons (Fsp3) is 0.462. The molecular weight excluding hydrogens is 363 g/mol. The van der Waals surface area contributed by atoms with Gasteiger partial charge in [-0.3, -0.25) is 4.79 Å². The smallest absolute Gasteiger partial charge is 0.254 e. The van der Waals surface area contributed by atoms with Crippen LogP contribution >= 0.6 is 15.9 Å². The molecule has 0 aliphatic carbocycles. The van der Waals surface area contributed by atoms with Crippen molar-refractivity contribution in [2.75, 3.05) is 6.54 Å². The summed E-state index contributed by atoms with van der Waals surface area (Å²) < 4.78 is 36.5. The Bertz CT molecular complexity index is 693. The lowest BCUT2D eigenvalue weighted by molar-refractivity contribution is 0.0743. The summed E-state index contributed by atoms with van der Waals surface area (Å²) >= 11 is 2.85. The molecule has 21 heavy (non-hydrogen) atoms. The van der Waals surface area contributed by atoms with E-state index in [0.29, 0.717) is 12.5 Å². The maximum absolute atomic E-state index is 13.9. The molecule has 116 valence electrons. The molecule has 1 aromatic carbocycles. The Hall–Kier alpha value is -0.990. The first kappa shape index (κ1) is 16.4. The molecule has 8 heteroatoms. The van der Waals surface area contributed by atoms with Gasteiger partial charge in [0, 0.05) is 18.2 Å². The standard InChI is InChI=1S/C13H16BrFN2O3S/c1-7-3-8(2)17(6-7)13(18)9-4-10(15)12(14)11(5-9)21(16,19)20/h4-5,7-8H,3,6H2,1-2H3,(H2,16,19,20). The van der Waals surface area contributed by atoms with Gasteiger partial charge in [-0.25, -0.2) is 17.9 Å². The van der Waals surface area contributed by atoms with E-state index in [2.05, 4.69) is 15.9 Å². The number of sulfonamides is 1. The molecule has 0 spiro atoms. The number of halogens is 2. The summed E-state index contributed by atoms with van der Waals surface area (Å²) in [5, 5.41) is 5.05. The predicted molar refractivity (Wildman–Crippen MR) is 79.8 cm³/mol. The third kappa shape index (κ3) is 3.27. The summed E-state index contributed by atoms with van der Waals surface area (Å²) in [6, 6.07) is 2.18. The van der Waals surface area contributed by atoms with Gasteiger partial charge in [0.1, 0.15) is 5.82 Å². The zero-order chi connectivity index (χ0) is 15.9. The van der Waals surface area contributed by atoms with Gasteiger partial charge < -0.3 is 4.90 Å². The van der Waals surface area contributed by atoms with E-state index in [9.17, 15) is 17.6 Å². The lowest BCUT2D eigenvalue weighted by Gasteiger charge is -2.22. The minimum absolute atomic E-state index is 0.0133. The molecule has 1 aromatic rings. The third-order valence-electron chi connectivity index (χ3n) is 3.59. The van der Waals surface area contributed by atoms with E-state index in [1.54, 1.807) is 4.90 Å². The lowest BCUT2D eigenvalue weighted by Crippen LogP contribution is -2.34. The van der Waals surface area contributed by atoms with Crippen molar-refractivity contribution in [1.29, 1.82) is 0 Å². The Morgan fingerprint density at radius 2 is 2.05 bits per heavy atom. The van der Waals surface area contributed by atoms with Crippen LogP contribution in [0.1, 0.15) is 30.6 Å². The summed E-state index contributed by atoms with van der Waals surface area (Å²) in [7, 11) is -4.12. The van der Waals surface area contributed by atoms with Crippen molar-refractivity contribution in [3.63, 3.8) is 0 Å². The number of rotatable bonds is 2. The fourth-order valence-corrected chi connectivity index (χ4v) is 4.19. The van der Waals surface area contributed by atoms with Gasteiger partial charge >= 0.3 is 0 Å². The van der Waals surface area contributed by atoms with E-state index in [4.69, 9.17) is 5.14 Å². The molecule has 1 fully saturated rings. The number of carbonyl (C=O) groups excluding carboxylic acids is 1. The summed E-state index contributed by atoms with van der Waals surface area (Å²) in [6.07, 6.45) is 0.868. The van der Waals surface area contributed by atoms with Crippen LogP contribution < -0.4 is 5.14 Å². The van der Waals surface area contributed by atoms with Gasteiger partial charge in [0.05, 0.1) is 9.37 Å². The van der Waals surface area contributed by atoms with Gasteiger partial charge in [-0.1, -0.05) is 6.92 Å². The molecule has 1 saturated heterocycles. The molecule has 0 saturated carbocycles. The monoisotopic (exact) mass is 378 g/mol. The van der Waals surface area contributed by atoms with Crippen molar-refractivity contribution in [2.45, 2.75) is 31.2 Å². The normalized spacial score (nSPS) is 22.6. The van der Waals surface area contributed by atoms with Crippen molar-refractivity contribution < 1.29 is 17.6 Å². The highest BCUT2D eigenvalue weighted by Crippen LogP contribution is 2.29. The fourth-order valence-electron chi connectivity index (χ4n) is 2.64. The average Bonchev–Trinajstić information content (AvgIpc) is 2.69. The molecule has 1 heterocycles. The summed E-state index contributed by atoms with van der Waals surface area (Å²) in [5.41, 5.74) is -0.0133. The second-order valence-electron chi connectivity index (χ2n) is 5.46. The Balaban J connectivity index is 2.46. The predicted octanol–water partition coefficient (Wildman–Crippen LogP) is 2.11. The number of nitrogens with two attached hydrogens (primary N) is 1. The Morgan fingerprint density at radius 1 is 1.43 bits per heavy atom. The van der Waals surface area contributed by atoms with Crippen LogP contribution in [-0.4, -0.2) is 31.8 Å². The zero-order valence-electron chi connectivity index (χ0n) is 11.6. The summed E-state index contributed by atoms with van der Waals surface area (Å²) in [4.78, 5) is 13.7. The van der Waals surface area contributed by atoms with Gasteiger partial charge in [0.15, 0.2) is 0 Å². The highest BCUT2D eigenvalue weighted by Gasteiger charge is 2.31. The van der Waals surface area contributed by atoms with Crippen LogP contribution in [0.3, 0.4) is 0 Å². The molecule has 2 unspecified atom stereocenters. The number of hydrogen-bond acceptors (Lipinski definition) is 3. The number of amides is 1. The van der Waals surface area contributed by atoms with Crippen LogP contribution in [0.15, 0.2) is 21.5 Å². The number of benzene rings is 1. The Kier molecular flexibility index (Phi) is 4.41. The molecule has 0 aromatic heterocycles. The van der Waals surface area contributed by atoms with Crippen LogP contribution in [0.2, 0.25) is 0 Å². The first-order valence-electron chi connectivity index (χ1n) is 6.44. The topological polar surface area (TPSA) is 80.5 Å². The second kappa shape index (κ2) is 5.66. The number of hydrogen-bond donors (Lipinski definition) is 1. The van der Waals surface area contributed by atoms with Crippen molar-refractivity contribution in [3.05, 3.63) is 28.0 Å². The molecule has 5 nitrogen and oxygen atoms in total. The molecule has 2 N–H and O–H groups in total. The van der Waals surface area contributed by atoms with Gasteiger partial charge in [-0.2, -0.15) is 0 Å². The number of primary sulfonamides is 1. The maximum Gasteiger partial charge on any atom is 0.254 e. The van der Waals surface area contributed by atoms with Crippen LogP contribution in [0.5, 0.6) is 0 Å². The number of nitrogens with zero attached hydrogens (tertiary/aromatic N) is 1. The van der Waals surface area contributed by atoms with Crippen molar-refractivity contribution in [2.24, 2.45) is 11.1 Å². The quantitative estimate of drug-likeness (QED) is 0.855. The van der Waals surface area contributed by atoms with Gasteiger partial charge in [-0.05, 0) is 47.3 Å². The van der Waals surface area contributed by atoms with Crippen molar-refractivity contribution in [1.82, 2.24) is 4.90 Å². The first-order valence-corrected chi connectivity index (χ1v) is 8.78. The minimum atomic E-state index is -4.12. The molecule has 1 aliphatic rings. The summed E-state index contributed by atoms with van der Waals surface area (Å²) in [5.74, 6) is -0.852. The van der Waals surface area contributed by atoms with Crippen LogP contribution in [0, 0.1) is 11.7 Å². The highest BCUT2D eigenvalue weighted by atomic mass is 79.9. The Labute approximate surface area is 131 Å². The van der Waals surface area contributed by atoms with E-state index in [1.807, 2.05) is 13.8 Å². The third-order valence-corrected chi connectivity index (χ3v) is 5.60. The molecule has 2 atom stereocenters. The van der Waals surface area contributed by atoms with E-state index in [0.717, 1.165) is 18.6 Å². The van der Waals surface area contributed by atoms with Gasteiger partial charge in [-0.15, -0.1) is 0 Å². The van der Waals surface area contributed by atoms with Gasteiger partial charge in [0.25, 0.3) is 5.91 Å². The molecule has 1 aliphatic heterocycles. The molecule has 0 radical (unpaired) electrons. The number of carbonyl (C=O) groups is 1. The zero-order valence-corrected chi connectivity index (χ0v) is 14.0. The second-order valence-corrected chi connectivity index (χ2v) is 7.79. The first-order chi connectivity index (χ1) is 9.61. The largest absolute Gasteiger partial charge is 0.336 e.